The lowest BCUT2D eigenvalue weighted by Crippen LogP contribution is -2.33. The van der Waals surface area contributed by atoms with Crippen LogP contribution in [0.4, 0.5) is 0 Å². The van der Waals surface area contributed by atoms with Crippen LogP contribution >= 0.6 is 0 Å². The van der Waals surface area contributed by atoms with E-state index in [0.29, 0.717) is 19.7 Å². The van der Waals surface area contributed by atoms with Crippen molar-refractivity contribution in [3.05, 3.63) is 76.2 Å². The second-order valence-corrected chi connectivity index (χ2v) is 7.39. The van der Waals surface area contributed by atoms with Crippen molar-refractivity contribution in [3.63, 3.8) is 0 Å². The zero-order chi connectivity index (χ0) is 20.8. The Kier molecular flexibility index (Phi) is 6.22. The molecule has 1 aromatic carbocycles. The molecule has 30 heavy (non-hydrogen) atoms. The summed E-state index contributed by atoms with van der Waals surface area (Å²) in [6.07, 6.45) is 7.41. The maximum atomic E-state index is 12.4. The molecular formula is C22H25N5O3. The van der Waals surface area contributed by atoms with E-state index in [1.165, 1.54) is 4.68 Å². The molecule has 3 heterocycles. The van der Waals surface area contributed by atoms with Gasteiger partial charge >= 0.3 is 5.69 Å². The van der Waals surface area contributed by atoms with Crippen molar-refractivity contribution in [2.75, 3.05) is 0 Å². The molecule has 0 fully saturated rings. The second kappa shape index (κ2) is 9.39. The number of carbonyl (C=O) groups is 1. The van der Waals surface area contributed by atoms with Crippen LogP contribution in [0.1, 0.15) is 36.2 Å². The molecule has 0 radical (unpaired) electrons. The SMILES string of the molecule is O=C(Cn1nc2n(c1=O)CCCCC2)NCc1ccc(OCc2cccnc2)cc1. The highest BCUT2D eigenvalue weighted by atomic mass is 16.5. The molecule has 1 amide bonds. The summed E-state index contributed by atoms with van der Waals surface area (Å²) in [5.41, 5.74) is 1.75. The second-order valence-electron chi connectivity index (χ2n) is 7.39. The molecular weight excluding hydrogens is 382 g/mol. The molecule has 0 aliphatic carbocycles. The van der Waals surface area contributed by atoms with E-state index in [9.17, 15) is 9.59 Å². The number of aryl methyl sites for hydroxylation is 1. The fourth-order valence-electron chi connectivity index (χ4n) is 3.47. The third kappa shape index (κ3) is 4.94. The standard InChI is InChI=1S/C22H25N5O3/c28-21(15-27-22(29)26-12-3-1-2-6-20(26)25-27)24-14-17-7-9-19(10-8-17)30-16-18-5-4-11-23-13-18/h4-5,7-11,13H,1-3,6,12,14-16H2,(H,24,28). The van der Waals surface area contributed by atoms with Gasteiger partial charge in [-0.15, -0.1) is 0 Å². The largest absolute Gasteiger partial charge is 0.489 e. The molecule has 0 spiro atoms. The van der Waals surface area contributed by atoms with E-state index in [-0.39, 0.29) is 18.1 Å². The highest BCUT2D eigenvalue weighted by Gasteiger charge is 2.17. The van der Waals surface area contributed by atoms with Crippen LogP contribution in [0.3, 0.4) is 0 Å². The number of nitrogens with zero attached hydrogens (tertiary/aromatic N) is 4. The number of hydrogen-bond acceptors (Lipinski definition) is 5. The number of carbonyl (C=O) groups excluding carboxylic acids is 1. The Hall–Kier alpha value is -3.42. The van der Waals surface area contributed by atoms with E-state index in [1.54, 1.807) is 17.0 Å². The highest BCUT2D eigenvalue weighted by Crippen LogP contribution is 2.14. The quantitative estimate of drug-likeness (QED) is 0.647. The number of aromatic nitrogens is 4. The van der Waals surface area contributed by atoms with Crippen LogP contribution in [0.15, 0.2) is 53.6 Å². The molecule has 1 aliphatic rings. The molecule has 0 bridgehead atoms. The molecule has 0 atom stereocenters. The smallest absolute Gasteiger partial charge is 0.346 e. The lowest BCUT2D eigenvalue weighted by Gasteiger charge is -2.08. The molecule has 0 saturated carbocycles. The van der Waals surface area contributed by atoms with Crippen LogP contribution in [0.25, 0.3) is 0 Å². The summed E-state index contributed by atoms with van der Waals surface area (Å²) in [5.74, 6) is 1.30. The Morgan fingerprint density at radius 2 is 1.97 bits per heavy atom. The van der Waals surface area contributed by atoms with Gasteiger partial charge in [-0.2, -0.15) is 5.10 Å². The van der Waals surface area contributed by atoms with Gasteiger partial charge in [-0.25, -0.2) is 9.48 Å². The van der Waals surface area contributed by atoms with Crippen molar-refractivity contribution in [1.29, 1.82) is 0 Å². The summed E-state index contributed by atoms with van der Waals surface area (Å²) >= 11 is 0. The van der Waals surface area contributed by atoms with Gasteiger partial charge in [0.05, 0.1) is 0 Å². The van der Waals surface area contributed by atoms with E-state index in [1.807, 2.05) is 36.4 Å². The van der Waals surface area contributed by atoms with Gasteiger partial charge in [0.15, 0.2) is 0 Å². The molecule has 1 N–H and O–H groups in total. The summed E-state index contributed by atoms with van der Waals surface area (Å²) in [6, 6.07) is 11.4. The zero-order valence-electron chi connectivity index (χ0n) is 16.8. The number of nitrogens with one attached hydrogen (secondary N) is 1. The van der Waals surface area contributed by atoms with E-state index in [0.717, 1.165) is 48.4 Å². The lowest BCUT2D eigenvalue weighted by atomic mass is 10.2. The first-order chi connectivity index (χ1) is 14.7. The number of benzene rings is 1. The van der Waals surface area contributed by atoms with Gasteiger partial charge < -0.3 is 10.1 Å². The maximum Gasteiger partial charge on any atom is 0.346 e. The van der Waals surface area contributed by atoms with Crippen molar-refractivity contribution in [3.8, 4) is 5.75 Å². The number of hydrogen-bond donors (Lipinski definition) is 1. The van der Waals surface area contributed by atoms with Crippen LogP contribution in [-0.2, 0) is 37.5 Å². The highest BCUT2D eigenvalue weighted by molar-refractivity contribution is 5.75. The average Bonchev–Trinajstić information content (AvgIpc) is 2.93. The van der Waals surface area contributed by atoms with Gasteiger partial charge in [-0.05, 0) is 36.6 Å². The van der Waals surface area contributed by atoms with Gasteiger partial charge in [0.2, 0.25) is 5.91 Å². The lowest BCUT2D eigenvalue weighted by molar-refractivity contribution is -0.122. The predicted octanol–water partition coefficient (Wildman–Crippen LogP) is 2.06. The maximum absolute atomic E-state index is 12.4. The molecule has 4 rings (SSSR count). The summed E-state index contributed by atoms with van der Waals surface area (Å²) in [5, 5.41) is 7.20. The minimum atomic E-state index is -0.234. The third-order valence-electron chi connectivity index (χ3n) is 5.12. The van der Waals surface area contributed by atoms with Gasteiger partial charge in [-0.1, -0.05) is 24.6 Å². The number of ether oxygens (including phenoxy) is 1. The van der Waals surface area contributed by atoms with Crippen molar-refractivity contribution < 1.29 is 9.53 Å². The minimum absolute atomic E-state index is 0.0643. The molecule has 0 saturated heterocycles. The van der Waals surface area contributed by atoms with Gasteiger partial charge in [-0.3, -0.25) is 14.3 Å². The van der Waals surface area contributed by atoms with Crippen molar-refractivity contribution in [2.24, 2.45) is 0 Å². The molecule has 156 valence electrons. The zero-order valence-corrected chi connectivity index (χ0v) is 16.8. The van der Waals surface area contributed by atoms with Crippen molar-refractivity contribution >= 4 is 5.91 Å². The molecule has 2 aromatic heterocycles. The Morgan fingerprint density at radius 3 is 2.77 bits per heavy atom. The molecule has 8 heteroatoms. The Labute approximate surface area is 174 Å². The van der Waals surface area contributed by atoms with E-state index < -0.39 is 0 Å². The fraction of sp³-hybridized carbons (Fsp3) is 0.364. The summed E-state index contributed by atoms with van der Waals surface area (Å²) < 4.78 is 8.71. The molecule has 8 nitrogen and oxygen atoms in total. The predicted molar refractivity (Wildman–Crippen MR) is 111 cm³/mol. The van der Waals surface area contributed by atoms with Gasteiger partial charge in [0.25, 0.3) is 0 Å². The molecule has 1 aliphatic heterocycles. The Morgan fingerprint density at radius 1 is 1.10 bits per heavy atom. The normalized spacial score (nSPS) is 13.3. The first kappa shape index (κ1) is 19.9. The first-order valence-corrected chi connectivity index (χ1v) is 10.2. The van der Waals surface area contributed by atoms with Crippen LogP contribution in [0, 0.1) is 0 Å². The van der Waals surface area contributed by atoms with Crippen molar-refractivity contribution in [1.82, 2.24) is 24.6 Å². The number of amides is 1. The molecule has 0 unspecified atom stereocenters. The summed E-state index contributed by atoms with van der Waals surface area (Å²) in [7, 11) is 0. The molecule has 3 aromatic rings. The fourth-order valence-corrected chi connectivity index (χ4v) is 3.47. The first-order valence-electron chi connectivity index (χ1n) is 10.2. The minimum Gasteiger partial charge on any atom is -0.489 e. The monoisotopic (exact) mass is 407 g/mol. The van der Waals surface area contributed by atoms with Crippen LogP contribution in [0.2, 0.25) is 0 Å². The summed E-state index contributed by atoms with van der Waals surface area (Å²) in [4.78, 5) is 28.8. The number of rotatable bonds is 7. The van der Waals surface area contributed by atoms with Crippen molar-refractivity contribution in [2.45, 2.75) is 51.9 Å². The third-order valence-corrected chi connectivity index (χ3v) is 5.12. The van der Waals surface area contributed by atoms with Gasteiger partial charge in [0.1, 0.15) is 24.7 Å². The topological polar surface area (TPSA) is 91.0 Å². The van der Waals surface area contributed by atoms with E-state index in [4.69, 9.17) is 4.74 Å². The van der Waals surface area contributed by atoms with E-state index in [2.05, 4.69) is 15.4 Å². The van der Waals surface area contributed by atoms with Crippen LogP contribution in [-0.4, -0.2) is 25.2 Å². The Bertz CT molecular complexity index is 1040. The van der Waals surface area contributed by atoms with Crippen LogP contribution in [0.5, 0.6) is 5.75 Å². The van der Waals surface area contributed by atoms with Crippen LogP contribution < -0.4 is 15.7 Å². The van der Waals surface area contributed by atoms with E-state index >= 15 is 0 Å². The van der Waals surface area contributed by atoms with Gasteiger partial charge in [0, 0.05) is 37.5 Å². The summed E-state index contributed by atoms with van der Waals surface area (Å²) in [6.45, 7) is 1.45. The number of pyridine rings is 1. The average molecular weight is 407 g/mol. The Balaban J connectivity index is 1.27. The number of fused-ring (bicyclic) bond motifs is 1.